The standard InChI is InChI=1S/C13H16N2.C7H12N2/c1-10(2)8-9-13-14-11-6-4-5-7-12(11)15(13)3;1-3-4-7-8-5-6(2)9-7/h4-8H,9H2,1-3H3;5H,3-4H2,1-2H3,(H,8,9). The fourth-order valence-electron chi connectivity index (χ4n) is 2.50. The Balaban J connectivity index is 0.000000198. The largest absolute Gasteiger partial charge is 0.346 e. The summed E-state index contributed by atoms with van der Waals surface area (Å²) in [5.41, 5.74) is 4.77. The van der Waals surface area contributed by atoms with E-state index in [4.69, 9.17) is 0 Å². The molecule has 1 N–H and O–H groups in total. The lowest BCUT2D eigenvalue weighted by atomic mass is 10.2. The highest BCUT2D eigenvalue weighted by Crippen LogP contribution is 2.14. The van der Waals surface area contributed by atoms with Gasteiger partial charge >= 0.3 is 0 Å². The number of rotatable bonds is 4. The van der Waals surface area contributed by atoms with Gasteiger partial charge in [-0.15, -0.1) is 0 Å². The monoisotopic (exact) mass is 324 g/mol. The smallest absolute Gasteiger partial charge is 0.113 e. The van der Waals surface area contributed by atoms with Crippen molar-refractivity contribution in [1.82, 2.24) is 19.5 Å². The third-order valence-corrected chi connectivity index (χ3v) is 3.81. The number of nitrogens with one attached hydrogen (secondary N) is 1. The molecule has 24 heavy (non-hydrogen) atoms. The zero-order valence-electron chi connectivity index (χ0n) is 15.4. The summed E-state index contributed by atoms with van der Waals surface area (Å²) in [4.78, 5) is 11.9. The molecule has 4 nitrogen and oxygen atoms in total. The molecule has 4 heteroatoms. The van der Waals surface area contributed by atoms with Gasteiger partial charge in [-0.3, -0.25) is 0 Å². The summed E-state index contributed by atoms with van der Waals surface area (Å²) >= 11 is 0. The van der Waals surface area contributed by atoms with Crippen LogP contribution in [0.2, 0.25) is 0 Å². The van der Waals surface area contributed by atoms with Crippen molar-refractivity contribution in [1.29, 1.82) is 0 Å². The molecule has 0 atom stereocenters. The van der Waals surface area contributed by atoms with Crippen LogP contribution in [0.4, 0.5) is 0 Å². The molecule has 0 radical (unpaired) electrons. The van der Waals surface area contributed by atoms with Crippen LogP contribution in [-0.2, 0) is 19.9 Å². The molecule has 0 aliphatic rings. The Bertz CT molecular complexity index is 804. The summed E-state index contributed by atoms with van der Waals surface area (Å²) in [5, 5.41) is 0. The summed E-state index contributed by atoms with van der Waals surface area (Å²) < 4.78 is 2.16. The van der Waals surface area contributed by atoms with Gasteiger partial charge in [-0.05, 0) is 39.3 Å². The molecule has 3 rings (SSSR count). The van der Waals surface area contributed by atoms with Crippen LogP contribution in [-0.4, -0.2) is 19.5 Å². The second-order valence-corrected chi connectivity index (χ2v) is 6.32. The Morgan fingerprint density at radius 1 is 1.25 bits per heavy atom. The first-order chi connectivity index (χ1) is 11.5. The molecule has 0 fully saturated rings. The van der Waals surface area contributed by atoms with Gasteiger partial charge in [0.1, 0.15) is 11.6 Å². The maximum Gasteiger partial charge on any atom is 0.113 e. The molecule has 1 aromatic carbocycles. The van der Waals surface area contributed by atoms with Crippen LogP contribution in [0.5, 0.6) is 0 Å². The lowest BCUT2D eigenvalue weighted by Gasteiger charge is -1.98. The van der Waals surface area contributed by atoms with Crippen molar-refractivity contribution >= 4 is 11.0 Å². The molecule has 2 aromatic heterocycles. The maximum atomic E-state index is 4.60. The molecular weight excluding hydrogens is 296 g/mol. The van der Waals surface area contributed by atoms with E-state index in [0.29, 0.717) is 0 Å². The molecule has 0 saturated carbocycles. The number of benzene rings is 1. The van der Waals surface area contributed by atoms with Gasteiger partial charge in [0.2, 0.25) is 0 Å². The van der Waals surface area contributed by atoms with Crippen molar-refractivity contribution in [2.75, 3.05) is 0 Å². The predicted octanol–water partition coefficient (Wildman–Crippen LogP) is 4.75. The Kier molecular flexibility index (Phi) is 6.36. The van der Waals surface area contributed by atoms with Crippen LogP contribution in [0.15, 0.2) is 42.1 Å². The van der Waals surface area contributed by atoms with Crippen LogP contribution in [0, 0.1) is 6.92 Å². The minimum Gasteiger partial charge on any atom is -0.346 e. The number of para-hydroxylation sites is 2. The van der Waals surface area contributed by atoms with Crippen molar-refractivity contribution in [2.24, 2.45) is 7.05 Å². The van der Waals surface area contributed by atoms with E-state index in [1.54, 1.807) is 0 Å². The normalized spacial score (nSPS) is 10.4. The van der Waals surface area contributed by atoms with E-state index < -0.39 is 0 Å². The highest BCUT2D eigenvalue weighted by Gasteiger charge is 2.04. The van der Waals surface area contributed by atoms with Gasteiger partial charge < -0.3 is 9.55 Å². The predicted molar refractivity (Wildman–Crippen MR) is 101 cm³/mol. The molecule has 0 bridgehead atoms. The second-order valence-electron chi connectivity index (χ2n) is 6.32. The first-order valence-electron chi connectivity index (χ1n) is 8.55. The zero-order valence-corrected chi connectivity index (χ0v) is 15.4. The summed E-state index contributed by atoms with van der Waals surface area (Å²) in [6.45, 7) is 8.40. The van der Waals surface area contributed by atoms with Gasteiger partial charge in [0.05, 0.1) is 11.0 Å². The Morgan fingerprint density at radius 3 is 2.58 bits per heavy atom. The van der Waals surface area contributed by atoms with Gasteiger partial charge in [0.15, 0.2) is 0 Å². The lowest BCUT2D eigenvalue weighted by Crippen LogP contribution is -1.96. The van der Waals surface area contributed by atoms with Crippen molar-refractivity contribution in [3.63, 3.8) is 0 Å². The van der Waals surface area contributed by atoms with E-state index in [-0.39, 0.29) is 0 Å². The van der Waals surface area contributed by atoms with E-state index in [0.717, 1.165) is 42.1 Å². The van der Waals surface area contributed by atoms with Crippen molar-refractivity contribution in [2.45, 2.75) is 47.0 Å². The van der Waals surface area contributed by atoms with Crippen LogP contribution < -0.4 is 0 Å². The number of allylic oxidation sites excluding steroid dienone is 2. The van der Waals surface area contributed by atoms with Crippen molar-refractivity contribution in [3.05, 3.63) is 59.5 Å². The minimum absolute atomic E-state index is 0.910. The number of fused-ring (bicyclic) bond motifs is 1. The summed E-state index contributed by atoms with van der Waals surface area (Å²) in [7, 11) is 2.07. The molecule has 3 aromatic rings. The molecule has 0 saturated heterocycles. The van der Waals surface area contributed by atoms with Crippen molar-refractivity contribution < 1.29 is 0 Å². The summed E-state index contributed by atoms with van der Waals surface area (Å²) in [5.74, 6) is 2.23. The molecule has 0 aliphatic carbocycles. The molecule has 2 heterocycles. The topological polar surface area (TPSA) is 46.5 Å². The molecule has 128 valence electrons. The van der Waals surface area contributed by atoms with Crippen LogP contribution in [0.1, 0.15) is 44.5 Å². The van der Waals surface area contributed by atoms with Gasteiger partial charge in [-0.25, -0.2) is 9.97 Å². The number of H-pyrrole nitrogens is 1. The zero-order chi connectivity index (χ0) is 17.5. The number of nitrogens with zero attached hydrogens (tertiary/aromatic N) is 3. The molecule has 0 aliphatic heterocycles. The van der Waals surface area contributed by atoms with E-state index in [2.05, 4.69) is 71.6 Å². The third kappa shape index (κ3) is 4.82. The average molecular weight is 324 g/mol. The van der Waals surface area contributed by atoms with E-state index in [9.17, 15) is 0 Å². The Labute approximate surface area is 144 Å². The lowest BCUT2D eigenvalue weighted by molar-refractivity contribution is 0.851. The summed E-state index contributed by atoms with van der Waals surface area (Å²) in [6, 6.07) is 8.24. The van der Waals surface area contributed by atoms with Gasteiger partial charge in [0.25, 0.3) is 0 Å². The first-order valence-corrected chi connectivity index (χ1v) is 8.55. The third-order valence-electron chi connectivity index (χ3n) is 3.81. The SMILES string of the molecule is CC(C)=CCc1nc2ccccc2n1C.CCCc1ncc(C)[nH]1. The number of hydrogen-bond acceptors (Lipinski definition) is 2. The van der Waals surface area contributed by atoms with Gasteiger partial charge in [-0.2, -0.15) is 0 Å². The second kappa shape index (κ2) is 8.48. The number of aromatic amines is 1. The number of aryl methyl sites for hydroxylation is 3. The fraction of sp³-hybridized carbons (Fsp3) is 0.400. The highest BCUT2D eigenvalue weighted by molar-refractivity contribution is 5.75. The molecular formula is C20H28N4. The highest BCUT2D eigenvalue weighted by atomic mass is 15.1. The quantitative estimate of drug-likeness (QED) is 0.704. The van der Waals surface area contributed by atoms with E-state index in [1.807, 2.05) is 19.2 Å². The molecule has 0 unspecified atom stereocenters. The fourth-order valence-corrected chi connectivity index (χ4v) is 2.50. The number of imidazole rings is 2. The van der Waals surface area contributed by atoms with Crippen LogP contribution in [0.3, 0.4) is 0 Å². The minimum atomic E-state index is 0.910. The number of aromatic nitrogens is 4. The molecule has 0 spiro atoms. The Morgan fingerprint density at radius 2 is 2.00 bits per heavy atom. The number of hydrogen-bond donors (Lipinski definition) is 1. The van der Waals surface area contributed by atoms with E-state index in [1.165, 1.54) is 11.1 Å². The van der Waals surface area contributed by atoms with Gasteiger partial charge in [0, 0.05) is 31.8 Å². The van der Waals surface area contributed by atoms with Crippen molar-refractivity contribution in [3.8, 4) is 0 Å². The first kappa shape index (κ1) is 18.0. The summed E-state index contributed by atoms with van der Waals surface area (Å²) in [6.07, 6.45) is 7.21. The maximum absolute atomic E-state index is 4.60. The Hall–Kier alpha value is -2.36. The van der Waals surface area contributed by atoms with E-state index >= 15 is 0 Å². The molecule has 0 amide bonds. The van der Waals surface area contributed by atoms with Crippen LogP contribution >= 0.6 is 0 Å². The van der Waals surface area contributed by atoms with Crippen LogP contribution in [0.25, 0.3) is 11.0 Å². The van der Waals surface area contributed by atoms with Gasteiger partial charge in [-0.1, -0.05) is 30.7 Å². The average Bonchev–Trinajstić information content (AvgIpc) is 3.10.